The molecule has 0 amide bonds. The van der Waals surface area contributed by atoms with Gasteiger partial charge in [0, 0.05) is 68.8 Å². The van der Waals surface area contributed by atoms with E-state index in [4.69, 9.17) is 15.0 Å². The maximum absolute atomic E-state index is 5.50. The highest BCUT2D eigenvalue weighted by Crippen LogP contribution is 2.45. The van der Waals surface area contributed by atoms with Crippen LogP contribution < -0.4 is 0 Å². The van der Waals surface area contributed by atoms with Gasteiger partial charge in [-0.05, 0) is 41.0 Å². The summed E-state index contributed by atoms with van der Waals surface area (Å²) >= 11 is 3.67. The Kier molecular flexibility index (Phi) is 8.22. The largest absolute Gasteiger partial charge is 0.246 e. The molecule has 4 aromatic heterocycles. The second-order valence-corrected chi connectivity index (χ2v) is 17.2. The van der Waals surface area contributed by atoms with Crippen molar-refractivity contribution in [1.82, 2.24) is 15.0 Å². The topological polar surface area (TPSA) is 38.7 Å². The van der Waals surface area contributed by atoms with Crippen molar-refractivity contribution in [2.75, 3.05) is 0 Å². The van der Waals surface area contributed by atoms with Gasteiger partial charge < -0.3 is 0 Å². The Hall–Kier alpha value is -7.31. The van der Waals surface area contributed by atoms with Crippen molar-refractivity contribution in [1.29, 1.82) is 0 Å². The minimum atomic E-state index is 0.680. The van der Waals surface area contributed by atoms with Gasteiger partial charge in [-0.2, -0.15) is 0 Å². The van der Waals surface area contributed by atoms with E-state index in [9.17, 15) is 0 Å². The zero-order chi connectivity index (χ0) is 39.6. The first-order valence-electron chi connectivity index (χ1n) is 20.1. The maximum atomic E-state index is 5.50. The van der Waals surface area contributed by atoms with Gasteiger partial charge in [0.1, 0.15) is 0 Å². The number of nitrogens with zero attached hydrogens (tertiary/aromatic N) is 3. The van der Waals surface area contributed by atoms with Crippen LogP contribution in [-0.4, -0.2) is 15.0 Å². The molecule has 0 unspecified atom stereocenters. The zero-order valence-electron chi connectivity index (χ0n) is 32.2. The number of rotatable bonds is 6. The van der Waals surface area contributed by atoms with Gasteiger partial charge in [-0.1, -0.05) is 176 Å². The Balaban J connectivity index is 0.994. The molecule has 0 saturated carbocycles. The Morgan fingerprint density at radius 3 is 1.65 bits per heavy atom. The molecule has 0 aliphatic heterocycles. The summed E-state index contributed by atoms with van der Waals surface area (Å²) in [6, 6.07) is 71.1. The summed E-state index contributed by atoms with van der Waals surface area (Å²) in [7, 11) is 0. The van der Waals surface area contributed by atoms with Crippen molar-refractivity contribution < 1.29 is 0 Å². The molecule has 3 nitrogen and oxygen atoms in total. The van der Waals surface area contributed by atoms with Crippen molar-refractivity contribution in [3.05, 3.63) is 200 Å². The van der Waals surface area contributed by atoms with Crippen molar-refractivity contribution in [3.8, 4) is 67.4 Å². The summed E-state index contributed by atoms with van der Waals surface area (Å²) in [6.07, 6.45) is 0. The van der Waals surface area contributed by atoms with Gasteiger partial charge >= 0.3 is 0 Å². The number of hydrogen-bond donors (Lipinski definition) is 0. The van der Waals surface area contributed by atoms with Crippen LogP contribution in [0.3, 0.4) is 0 Å². The molecule has 5 heteroatoms. The monoisotopic (exact) mass is 799 g/mol. The van der Waals surface area contributed by atoms with E-state index in [1.807, 2.05) is 28.7 Å². The van der Waals surface area contributed by atoms with E-state index in [-0.39, 0.29) is 0 Å². The van der Waals surface area contributed by atoms with E-state index in [0.717, 1.165) is 56.0 Å². The molecule has 0 saturated heterocycles. The standard InChI is InChI=1S/C55H33N3S2/c1-3-14-34(15-4-1)40-22-12-25-45-50-44-21-8-10-27-49(44)60-54(50)51(58-52(40)45)36-28-30-37(31-29-36)55-56-46(35-16-5-2-6-17-35)33-47(57-55)39-19-11-18-38(32-39)41-23-13-24-43-42-20-7-9-26-48(42)59-53(41)43/h1-33H. The summed E-state index contributed by atoms with van der Waals surface area (Å²) in [5.74, 6) is 0.680. The lowest BCUT2D eigenvalue weighted by Crippen LogP contribution is -1.96. The minimum absolute atomic E-state index is 0.680. The molecule has 0 atom stereocenters. The molecule has 0 aliphatic carbocycles. The van der Waals surface area contributed by atoms with Crippen molar-refractivity contribution >= 4 is 73.9 Å². The molecular weight excluding hydrogens is 767 g/mol. The van der Waals surface area contributed by atoms with Gasteiger partial charge in [0.15, 0.2) is 5.82 Å². The summed E-state index contributed by atoms with van der Waals surface area (Å²) in [5, 5.41) is 6.28. The molecule has 0 spiro atoms. The predicted octanol–water partition coefficient (Wildman–Crippen LogP) is 15.8. The van der Waals surface area contributed by atoms with E-state index in [1.165, 1.54) is 56.9 Å². The van der Waals surface area contributed by atoms with Gasteiger partial charge in [-0.15, -0.1) is 22.7 Å². The van der Waals surface area contributed by atoms with Gasteiger partial charge in [-0.3, -0.25) is 0 Å². The van der Waals surface area contributed by atoms with Crippen molar-refractivity contribution in [2.45, 2.75) is 0 Å². The summed E-state index contributed by atoms with van der Waals surface area (Å²) in [5.41, 5.74) is 12.5. The Labute approximate surface area is 354 Å². The average molecular weight is 800 g/mol. The number of benzene rings is 8. The van der Waals surface area contributed by atoms with Crippen LogP contribution in [0.1, 0.15) is 0 Å². The third-order valence-corrected chi connectivity index (χ3v) is 13.9. The zero-order valence-corrected chi connectivity index (χ0v) is 33.8. The van der Waals surface area contributed by atoms with Crippen LogP contribution in [0.2, 0.25) is 0 Å². The van der Waals surface area contributed by atoms with E-state index < -0.39 is 0 Å². The maximum Gasteiger partial charge on any atom is 0.160 e. The fraction of sp³-hybridized carbons (Fsp3) is 0. The molecule has 0 fully saturated rings. The van der Waals surface area contributed by atoms with E-state index in [2.05, 4.69) is 194 Å². The Morgan fingerprint density at radius 1 is 0.317 bits per heavy atom. The van der Waals surface area contributed by atoms with Crippen LogP contribution in [0, 0.1) is 0 Å². The molecule has 280 valence electrons. The normalized spacial score (nSPS) is 11.7. The molecule has 12 rings (SSSR count). The number of aromatic nitrogens is 3. The fourth-order valence-electron chi connectivity index (χ4n) is 8.63. The molecule has 60 heavy (non-hydrogen) atoms. The van der Waals surface area contributed by atoms with Gasteiger partial charge in [0.2, 0.25) is 0 Å². The second-order valence-electron chi connectivity index (χ2n) is 15.1. The van der Waals surface area contributed by atoms with Crippen LogP contribution in [0.25, 0.3) is 119 Å². The van der Waals surface area contributed by atoms with Crippen LogP contribution in [0.4, 0.5) is 0 Å². The highest BCUT2D eigenvalue weighted by molar-refractivity contribution is 7.26. The number of thiophene rings is 2. The van der Waals surface area contributed by atoms with E-state index in [0.29, 0.717) is 5.82 Å². The lowest BCUT2D eigenvalue weighted by atomic mass is 9.97. The highest BCUT2D eigenvalue weighted by atomic mass is 32.1. The lowest BCUT2D eigenvalue weighted by Gasteiger charge is -2.13. The smallest absolute Gasteiger partial charge is 0.160 e. The molecule has 12 aromatic rings. The third-order valence-electron chi connectivity index (χ3n) is 11.5. The Morgan fingerprint density at radius 2 is 0.867 bits per heavy atom. The van der Waals surface area contributed by atoms with Crippen molar-refractivity contribution in [3.63, 3.8) is 0 Å². The molecule has 0 radical (unpaired) electrons. The molecule has 0 aliphatic rings. The second kappa shape index (κ2) is 14.2. The van der Waals surface area contributed by atoms with E-state index in [1.54, 1.807) is 0 Å². The average Bonchev–Trinajstić information content (AvgIpc) is 3.91. The predicted molar refractivity (Wildman–Crippen MR) is 256 cm³/mol. The quantitative estimate of drug-likeness (QED) is 0.168. The van der Waals surface area contributed by atoms with Gasteiger partial charge in [0.05, 0.1) is 27.3 Å². The first kappa shape index (κ1) is 34.7. The van der Waals surface area contributed by atoms with E-state index >= 15 is 0 Å². The molecule has 0 N–H and O–H groups in total. The molecule has 0 bridgehead atoms. The highest BCUT2D eigenvalue weighted by Gasteiger charge is 2.19. The molecule has 4 heterocycles. The summed E-state index contributed by atoms with van der Waals surface area (Å²) < 4.78 is 5.05. The number of hydrogen-bond acceptors (Lipinski definition) is 5. The number of para-hydroxylation sites is 1. The van der Waals surface area contributed by atoms with Crippen LogP contribution in [0.5, 0.6) is 0 Å². The number of fused-ring (bicyclic) bond motifs is 8. The summed E-state index contributed by atoms with van der Waals surface area (Å²) in [6.45, 7) is 0. The van der Waals surface area contributed by atoms with Crippen molar-refractivity contribution in [2.24, 2.45) is 0 Å². The van der Waals surface area contributed by atoms with Gasteiger partial charge in [-0.25, -0.2) is 15.0 Å². The molecule has 8 aromatic carbocycles. The minimum Gasteiger partial charge on any atom is -0.246 e. The Bertz CT molecular complexity index is 3590. The SMILES string of the molecule is c1ccc(-c2cc(-c3cccc(-c4cccc5c4sc4ccccc45)c3)nc(-c3ccc(-c4nc5c(-c6ccccc6)cccc5c5c4sc4ccccc45)cc3)n2)cc1. The van der Waals surface area contributed by atoms with Crippen LogP contribution >= 0.6 is 22.7 Å². The first-order valence-corrected chi connectivity index (χ1v) is 21.7. The van der Waals surface area contributed by atoms with Gasteiger partial charge in [0.25, 0.3) is 0 Å². The first-order chi connectivity index (χ1) is 29.7. The lowest BCUT2D eigenvalue weighted by molar-refractivity contribution is 1.18. The fourth-order valence-corrected chi connectivity index (χ4v) is 11.1. The number of pyridine rings is 1. The molecular formula is C55H33N3S2. The van der Waals surface area contributed by atoms with Crippen LogP contribution in [0.15, 0.2) is 200 Å². The van der Waals surface area contributed by atoms with Crippen LogP contribution in [-0.2, 0) is 0 Å². The third kappa shape index (κ3) is 5.82. The summed E-state index contributed by atoms with van der Waals surface area (Å²) in [4.78, 5) is 16.0.